The van der Waals surface area contributed by atoms with E-state index in [0.29, 0.717) is 0 Å². The lowest BCUT2D eigenvalue weighted by Gasteiger charge is -2.22. The minimum atomic E-state index is -3.80. The Morgan fingerprint density at radius 1 is 1.04 bits per heavy atom. The first-order chi connectivity index (χ1) is 11.8. The molecule has 140 valence electrons. The molecule has 0 heterocycles. The average molecular weight is 368 g/mol. The molecule has 1 aromatic rings. The van der Waals surface area contributed by atoms with Crippen molar-refractivity contribution in [1.82, 2.24) is 0 Å². The van der Waals surface area contributed by atoms with Gasteiger partial charge in [0.25, 0.3) is 0 Å². The van der Waals surface area contributed by atoms with Gasteiger partial charge in [-0.2, -0.15) is 0 Å². The van der Waals surface area contributed by atoms with Crippen LogP contribution in [-0.4, -0.2) is 25.8 Å². The molecule has 1 rings (SSSR count). The van der Waals surface area contributed by atoms with Crippen LogP contribution >= 0.6 is 7.60 Å². The van der Waals surface area contributed by atoms with Crippen molar-refractivity contribution in [2.45, 2.75) is 34.6 Å². The summed E-state index contributed by atoms with van der Waals surface area (Å²) in [4.78, 5) is 12.5. The molecule has 0 aromatic heterocycles. The number of rotatable bonds is 10. The molecule has 6 heteroatoms. The molecule has 0 saturated heterocycles. The second kappa shape index (κ2) is 10.5. The fourth-order valence-electron chi connectivity index (χ4n) is 1.83. The molecule has 0 aliphatic heterocycles. The highest BCUT2D eigenvalue weighted by molar-refractivity contribution is 7.60. The zero-order chi connectivity index (χ0) is 18.9. The lowest BCUT2D eigenvalue weighted by Crippen LogP contribution is -2.14. The SMILES string of the molecule is CCOC(=O)/C(=C\c1ccccc1)P(=O)(OCC(C)C)OCC(C)C. The Hall–Kier alpha value is -1.42. The third-order valence-corrected chi connectivity index (χ3v) is 4.92. The van der Waals surface area contributed by atoms with Gasteiger partial charge >= 0.3 is 13.6 Å². The monoisotopic (exact) mass is 368 g/mol. The van der Waals surface area contributed by atoms with Crippen molar-refractivity contribution < 1.29 is 23.1 Å². The van der Waals surface area contributed by atoms with Crippen molar-refractivity contribution in [2.24, 2.45) is 11.8 Å². The van der Waals surface area contributed by atoms with Gasteiger partial charge < -0.3 is 13.8 Å². The topological polar surface area (TPSA) is 61.8 Å². The molecule has 0 aliphatic carbocycles. The second-order valence-electron chi connectivity index (χ2n) is 6.54. The Labute approximate surface area is 150 Å². The molecular weight excluding hydrogens is 339 g/mol. The van der Waals surface area contributed by atoms with Crippen LogP contribution in [0, 0.1) is 11.8 Å². The molecule has 0 amide bonds. The largest absolute Gasteiger partial charge is 0.462 e. The minimum absolute atomic E-state index is 0.0677. The number of hydrogen-bond donors (Lipinski definition) is 0. The van der Waals surface area contributed by atoms with Crippen molar-refractivity contribution in [3.63, 3.8) is 0 Å². The van der Waals surface area contributed by atoms with E-state index in [-0.39, 0.29) is 37.0 Å². The van der Waals surface area contributed by atoms with E-state index in [1.54, 1.807) is 6.92 Å². The van der Waals surface area contributed by atoms with Crippen LogP contribution in [0.2, 0.25) is 0 Å². The number of benzene rings is 1. The van der Waals surface area contributed by atoms with Crippen LogP contribution in [0.4, 0.5) is 0 Å². The molecule has 0 spiro atoms. The number of carbonyl (C=O) groups is 1. The predicted octanol–water partition coefficient (Wildman–Crippen LogP) is 5.13. The molecule has 5 nitrogen and oxygen atoms in total. The summed E-state index contributed by atoms with van der Waals surface area (Å²) in [5.74, 6) is -0.380. The lowest BCUT2D eigenvalue weighted by molar-refractivity contribution is -0.137. The summed E-state index contributed by atoms with van der Waals surface area (Å²) in [6.07, 6.45) is 1.53. The van der Waals surface area contributed by atoms with Crippen molar-refractivity contribution >= 4 is 19.6 Å². The summed E-state index contributed by atoms with van der Waals surface area (Å²) >= 11 is 0. The van der Waals surface area contributed by atoms with Crippen LogP contribution in [0.1, 0.15) is 40.2 Å². The van der Waals surface area contributed by atoms with Gasteiger partial charge in [0.05, 0.1) is 19.8 Å². The van der Waals surface area contributed by atoms with E-state index in [9.17, 15) is 9.36 Å². The van der Waals surface area contributed by atoms with Crippen molar-refractivity contribution in [3.8, 4) is 0 Å². The molecular formula is C19H29O5P. The standard InChI is InChI=1S/C19H29O5P/c1-6-22-19(20)18(12-17-10-8-7-9-11-17)25(21,23-13-15(2)3)24-14-16(4)5/h7-12,15-16H,6,13-14H2,1-5H3/b18-12+. The zero-order valence-corrected chi connectivity index (χ0v) is 16.6. The maximum atomic E-state index is 13.4. The van der Waals surface area contributed by atoms with Crippen LogP contribution in [0.5, 0.6) is 0 Å². The van der Waals surface area contributed by atoms with E-state index in [4.69, 9.17) is 13.8 Å². The summed E-state index contributed by atoms with van der Waals surface area (Å²) in [5.41, 5.74) is 0.729. The number of carbonyl (C=O) groups excluding carboxylic acids is 1. The highest BCUT2D eigenvalue weighted by Crippen LogP contribution is 2.57. The zero-order valence-electron chi connectivity index (χ0n) is 15.7. The molecule has 0 aliphatic rings. The molecule has 0 bridgehead atoms. The van der Waals surface area contributed by atoms with Gasteiger partial charge in [0, 0.05) is 0 Å². The Morgan fingerprint density at radius 2 is 1.56 bits per heavy atom. The number of ether oxygens (including phenoxy) is 1. The molecule has 0 fully saturated rings. The summed E-state index contributed by atoms with van der Waals surface area (Å²) < 4.78 is 29.7. The van der Waals surface area contributed by atoms with Gasteiger partial charge in [0.2, 0.25) is 0 Å². The van der Waals surface area contributed by atoms with E-state index < -0.39 is 13.6 Å². The van der Waals surface area contributed by atoms with E-state index in [2.05, 4.69) is 0 Å². The third-order valence-electron chi connectivity index (χ3n) is 3.04. The van der Waals surface area contributed by atoms with Gasteiger partial charge in [-0.1, -0.05) is 58.0 Å². The van der Waals surface area contributed by atoms with Gasteiger partial charge in [-0.3, -0.25) is 4.57 Å². The average Bonchev–Trinajstić information content (AvgIpc) is 2.57. The maximum absolute atomic E-state index is 13.4. The molecule has 25 heavy (non-hydrogen) atoms. The molecule has 0 saturated carbocycles. The number of hydrogen-bond acceptors (Lipinski definition) is 5. The van der Waals surface area contributed by atoms with Crippen molar-refractivity contribution in [3.05, 3.63) is 41.2 Å². The summed E-state index contributed by atoms with van der Waals surface area (Å²) in [6.45, 7) is 10.1. The quantitative estimate of drug-likeness (QED) is 0.325. The lowest BCUT2D eigenvalue weighted by atomic mass is 10.2. The Morgan fingerprint density at radius 3 is 2.00 bits per heavy atom. The van der Waals surface area contributed by atoms with Gasteiger partial charge in [-0.05, 0) is 30.4 Å². The van der Waals surface area contributed by atoms with E-state index in [1.807, 2.05) is 58.0 Å². The molecule has 1 aromatic carbocycles. The van der Waals surface area contributed by atoms with E-state index in [1.165, 1.54) is 6.08 Å². The van der Waals surface area contributed by atoms with Gasteiger partial charge in [0.15, 0.2) is 0 Å². The highest BCUT2D eigenvalue weighted by atomic mass is 31.2. The maximum Gasteiger partial charge on any atom is 0.368 e. The Balaban J connectivity index is 3.28. The van der Waals surface area contributed by atoms with E-state index >= 15 is 0 Å². The summed E-state index contributed by atoms with van der Waals surface area (Å²) in [7, 11) is -3.80. The predicted molar refractivity (Wildman–Crippen MR) is 100 cm³/mol. The first-order valence-corrected chi connectivity index (χ1v) is 10.2. The van der Waals surface area contributed by atoms with Crippen LogP contribution < -0.4 is 0 Å². The van der Waals surface area contributed by atoms with Crippen LogP contribution in [0.3, 0.4) is 0 Å². The summed E-state index contributed by atoms with van der Waals surface area (Å²) in [6, 6.07) is 9.17. The van der Waals surface area contributed by atoms with Crippen molar-refractivity contribution in [2.75, 3.05) is 19.8 Å². The van der Waals surface area contributed by atoms with Crippen molar-refractivity contribution in [1.29, 1.82) is 0 Å². The number of esters is 1. The summed E-state index contributed by atoms with van der Waals surface area (Å²) in [5, 5.41) is -0.0677. The molecule has 0 atom stereocenters. The van der Waals surface area contributed by atoms with Gasteiger partial charge in [-0.25, -0.2) is 4.79 Å². The fraction of sp³-hybridized carbons (Fsp3) is 0.526. The third kappa shape index (κ3) is 7.55. The first-order valence-electron chi connectivity index (χ1n) is 8.62. The Bertz CT molecular complexity index is 592. The Kier molecular flexibility index (Phi) is 9.12. The van der Waals surface area contributed by atoms with Crippen LogP contribution in [-0.2, 0) is 23.1 Å². The highest BCUT2D eigenvalue weighted by Gasteiger charge is 2.37. The normalized spacial score (nSPS) is 12.7. The molecule has 0 radical (unpaired) electrons. The molecule has 0 unspecified atom stereocenters. The van der Waals surface area contributed by atoms with E-state index in [0.717, 1.165) is 5.56 Å². The minimum Gasteiger partial charge on any atom is -0.462 e. The fourth-order valence-corrected chi connectivity index (χ4v) is 3.77. The molecule has 0 N–H and O–H groups in total. The smallest absolute Gasteiger partial charge is 0.368 e. The van der Waals surface area contributed by atoms with Gasteiger partial charge in [-0.15, -0.1) is 0 Å². The second-order valence-corrected chi connectivity index (χ2v) is 8.53. The van der Waals surface area contributed by atoms with Crippen LogP contribution in [0.25, 0.3) is 6.08 Å². The van der Waals surface area contributed by atoms with Gasteiger partial charge in [0.1, 0.15) is 5.31 Å². The van der Waals surface area contributed by atoms with Crippen LogP contribution in [0.15, 0.2) is 35.6 Å². The first kappa shape index (κ1) is 21.6.